The second kappa shape index (κ2) is 8.39. The van der Waals surface area contributed by atoms with E-state index in [-0.39, 0.29) is 22.6 Å². The third kappa shape index (κ3) is 4.95. The Morgan fingerprint density at radius 3 is 1.94 bits per heavy atom. The van der Waals surface area contributed by atoms with Crippen molar-refractivity contribution < 1.29 is 33.6 Å². The Morgan fingerprint density at radius 2 is 1.35 bits per heavy atom. The average molecular weight is 430 g/mol. The molecular weight excluding hydrogens is 413 g/mol. The number of hydrogen-bond donors (Lipinski definition) is 4. The first-order chi connectivity index (χ1) is 14.6. The van der Waals surface area contributed by atoms with Gasteiger partial charge < -0.3 is 20.4 Å². The average Bonchev–Trinajstić information content (AvgIpc) is 2.69. The van der Waals surface area contributed by atoms with E-state index in [1.165, 1.54) is 18.3 Å². The lowest BCUT2D eigenvalue weighted by Gasteiger charge is -2.10. The molecule has 0 saturated heterocycles. The summed E-state index contributed by atoms with van der Waals surface area (Å²) in [6.07, 6.45) is -2.38. The Morgan fingerprint density at radius 1 is 0.774 bits per heavy atom. The van der Waals surface area contributed by atoms with E-state index in [2.05, 4.69) is 9.98 Å². The van der Waals surface area contributed by atoms with Gasteiger partial charge in [-0.2, -0.15) is 13.2 Å². The highest BCUT2D eigenvalue weighted by Crippen LogP contribution is 2.39. The van der Waals surface area contributed by atoms with Crippen LogP contribution < -0.4 is 0 Å². The van der Waals surface area contributed by atoms with Crippen molar-refractivity contribution in [2.75, 3.05) is 0 Å². The lowest BCUT2D eigenvalue weighted by Crippen LogP contribution is -2.05. The molecule has 0 spiro atoms. The Labute approximate surface area is 174 Å². The number of hydrogen-bond acceptors (Lipinski definition) is 6. The number of aliphatic imine (C=N–C) groups is 2. The van der Waals surface area contributed by atoms with Crippen LogP contribution in [0.3, 0.4) is 0 Å². The summed E-state index contributed by atoms with van der Waals surface area (Å²) in [5.74, 6) is -1.82. The highest BCUT2D eigenvalue weighted by molar-refractivity contribution is 5.90. The summed E-state index contributed by atoms with van der Waals surface area (Å²) in [5.41, 5.74) is -0.0606. The number of halogens is 3. The van der Waals surface area contributed by atoms with Crippen LogP contribution >= 0.6 is 0 Å². The second-order valence-corrected chi connectivity index (χ2v) is 6.63. The summed E-state index contributed by atoms with van der Waals surface area (Å²) in [6.45, 7) is 1.62. The number of aromatic hydroxyl groups is 4. The summed E-state index contributed by atoms with van der Waals surface area (Å²) in [5, 5.41) is 39.3. The Hall–Kier alpha value is -4.01. The van der Waals surface area contributed by atoms with Crippen LogP contribution in [0.1, 0.15) is 22.3 Å². The Bertz CT molecular complexity index is 1190. The minimum Gasteiger partial charge on any atom is -0.508 e. The van der Waals surface area contributed by atoms with E-state index < -0.39 is 23.2 Å². The molecule has 0 aliphatic carbocycles. The third-order valence-corrected chi connectivity index (χ3v) is 4.33. The zero-order valence-corrected chi connectivity index (χ0v) is 16.1. The zero-order chi connectivity index (χ0) is 22.8. The van der Waals surface area contributed by atoms with E-state index in [9.17, 15) is 33.6 Å². The molecule has 6 nitrogen and oxygen atoms in total. The molecular formula is C22H17F3N2O4. The van der Waals surface area contributed by atoms with Crippen LogP contribution in [0.4, 0.5) is 24.5 Å². The molecule has 0 aliphatic heterocycles. The molecule has 0 unspecified atom stereocenters. The first-order valence-corrected chi connectivity index (χ1v) is 8.89. The van der Waals surface area contributed by atoms with Crippen molar-refractivity contribution in [1.29, 1.82) is 0 Å². The minimum absolute atomic E-state index is 0.0411. The second-order valence-electron chi connectivity index (χ2n) is 6.63. The number of para-hydroxylation sites is 2. The smallest absolute Gasteiger partial charge is 0.420 e. The van der Waals surface area contributed by atoms with Crippen LogP contribution in [0.5, 0.6) is 23.0 Å². The third-order valence-electron chi connectivity index (χ3n) is 4.33. The van der Waals surface area contributed by atoms with E-state index in [0.29, 0.717) is 23.0 Å². The maximum Gasteiger partial charge on any atom is 0.420 e. The molecule has 3 aromatic rings. The highest BCUT2D eigenvalue weighted by atomic mass is 19.4. The summed E-state index contributed by atoms with van der Waals surface area (Å²) < 4.78 is 38.4. The predicted octanol–water partition coefficient (Wildman–Crippen LogP) is 5.34. The normalized spacial score (nSPS) is 12.1. The zero-order valence-electron chi connectivity index (χ0n) is 16.1. The van der Waals surface area contributed by atoms with Crippen LogP contribution in [-0.2, 0) is 6.18 Å². The molecule has 0 radical (unpaired) electrons. The van der Waals surface area contributed by atoms with Crippen LogP contribution in [0.25, 0.3) is 0 Å². The molecule has 0 bridgehead atoms. The van der Waals surface area contributed by atoms with E-state index in [0.717, 1.165) is 12.3 Å². The lowest BCUT2D eigenvalue weighted by molar-refractivity contribution is -0.138. The van der Waals surface area contributed by atoms with Gasteiger partial charge in [-0.3, -0.25) is 9.98 Å². The SMILES string of the molecule is Cc1cc(O)cc(C=Nc2ccccc2N=Cc2cc(O)c(C(F)(F)F)cc2O)c1O. The largest absolute Gasteiger partial charge is 0.508 e. The summed E-state index contributed by atoms with van der Waals surface area (Å²) >= 11 is 0. The molecule has 0 fully saturated rings. The topological polar surface area (TPSA) is 106 Å². The Balaban J connectivity index is 1.93. The molecule has 160 valence electrons. The van der Waals surface area contributed by atoms with Gasteiger partial charge in [0, 0.05) is 23.6 Å². The first kappa shape index (κ1) is 21.7. The van der Waals surface area contributed by atoms with Gasteiger partial charge in [-0.25, -0.2) is 0 Å². The fraction of sp³-hybridized carbons (Fsp3) is 0.0909. The molecule has 4 N–H and O–H groups in total. The summed E-state index contributed by atoms with van der Waals surface area (Å²) in [7, 11) is 0. The van der Waals surface area contributed by atoms with Crippen LogP contribution in [-0.4, -0.2) is 32.9 Å². The standard InChI is InChI=1S/C22H17F3N2O4/c1-12-6-15(28)7-14(21(12)31)11-27-18-5-3-2-4-17(18)26-10-13-8-20(30)16(9-19(13)29)22(23,24)25/h2-11,28-31H,1H3. The van der Waals surface area contributed by atoms with Crippen molar-refractivity contribution in [2.45, 2.75) is 13.1 Å². The van der Waals surface area contributed by atoms with Crippen LogP contribution in [0.2, 0.25) is 0 Å². The van der Waals surface area contributed by atoms with Crippen molar-refractivity contribution in [1.82, 2.24) is 0 Å². The van der Waals surface area contributed by atoms with Gasteiger partial charge in [0.05, 0.1) is 11.4 Å². The van der Waals surface area contributed by atoms with Crippen molar-refractivity contribution in [3.8, 4) is 23.0 Å². The molecule has 0 amide bonds. The van der Waals surface area contributed by atoms with E-state index in [1.54, 1.807) is 31.2 Å². The van der Waals surface area contributed by atoms with E-state index in [1.807, 2.05) is 0 Å². The monoisotopic (exact) mass is 430 g/mol. The number of aryl methyl sites for hydroxylation is 1. The minimum atomic E-state index is -4.81. The Kier molecular flexibility index (Phi) is 5.87. The lowest BCUT2D eigenvalue weighted by atomic mass is 10.1. The van der Waals surface area contributed by atoms with E-state index >= 15 is 0 Å². The highest BCUT2D eigenvalue weighted by Gasteiger charge is 2.34. The van der Waals surface area contributed by atoms with E-state index in [4.69, 9.17) is 0 Å². The van der Waals surface area contributed by atoms with Gasteiger partial charge in [0.25, 0.3) is 0 Å². The number of phenols is 4. The van der Waals surface area contributed by atoms with Crippen LogP contribution in [0.15, 0.2) is 58.5 Å². The first-order valence-electron chi connectivity index (χ1n) is 8.89. The fourth-order valence-corrected chi connectivity index (χ4v) is 2.77. The van der Waals surface area contributed by atoms with Crippen molar-refractivity contribution >= 4 is 23.8 Å². The number of rotatable bonds is 4. The molecule has 0 atom stereocenters. The molecule has 9 heteroatoms. The predicted molar refractivity (Wildman–Crippen MR) is 110 cm³/mol. The fourth-order valence-electron chi connectivity index (χ4n) is 2.77. The van der Waals surface area contributed by atoms with Gasteiger partial charge in [0.15, 0.2) is 0 Å². The maximum atomic E-state index is 12.8. The van der Waals surface area contributed by atoms with Crippen molar-refractivity contribution in [2.24, 2.45) is 9.98 Å². The molecule has 0 aromatic heterocycles. The number of nitrogens with zero attached hydrogens (tertiary/aromatic N) is 2. The molecule has 0 saturated carbocycles. The maximum absolute atomic E-state index is 12.8. The van der Waals surface area contributed by atoms with Crippen molar-refractivity contribution in [3.63, 3.8) is 0 Å². The van der Waals surface area contributed by atoms with Gasteiger partial charge in [-0.1, -0.05) is 12.1 Å². The molecule has 0 heterocycles. The molecule has 3 rings (SSSR count). The van der Waals surface area contributed by atoms with Gasteiger partial charge in [0.2, 0.25) is 0 Å². The summed E-state index contributed by atoms with van der Waals surface area (Å²) in [4.78, 5) is 8.38. The molecule has 0 aliphatic rings. The van der Waals surface area contributed by atoms with Gasteiger partial charge in [-0.05, 0) is 48.9 Å². The number of phenolic OH excluding ortho intramolecular Hbond substituents is 4. The van der Waals surface area contributed by atoms with Gasteiger partial charge >= 0.3 is 6.18 Å². The van der Waals surface area contributed by atoms with Gasteiger partial charge in [0.1, 0.15) is 28.6 Å². The van der Waals surface area contributed by atoms with Gasteiger partial charge in [-0.15, -0.1) is 0 Å². The summed E-state index contributed by atoms with van der Waals surface area (Å²) in [6, 6.07) is 10.5. The molecule has 3 aromatic carbocycles. The number of alkyl halides is 3. The van der Waals surface area contributed by atoms with Crippen LogP contribution in [0, 0.1) is 6.92 Å². The molecule has 31 heavy (non-hydrogen) atoms. The number of benzene rings is 3. The quantitative estimate of drug-likeness (QED) is 0.331. The van der Waals surface area contributed by atoms with Crippen molar-refractivity contribution in [3.05, 3.63) is 70.8 Å².